The maximum Gasteiger partial charge on any atom is 0.305 e. The number of aromatic nitrogens is 1. The van der Waals surface area contributed by atoms with Crippen molar-refractivity contribution >= 4 is 11.9 Å². The van der Waals surface area contributed by atoms with E-state index in [4.69, 9.17) is 4.42 Å². The Balaban J connectivity index is 1.73. The molecule has 0 atom stereocenters. The van der Waals surface area contributed by atoms with Gasteiger partial charge in [-0.2, -0.15) is 0 Å². The Bertz CT molecular complexity index is 919. The van der Waals surface area contributed by atoms with Crippen molar-refractivity contribution in [2.45, 2.75) is 12.8 Å². The van der Waals surface area contributed by atoms with E-state index < -0.39 is 0 Å². The first-order valence-corrected chi connectivity index (χ1v) is 8.64. The lowest BCUT2D eigenvalue weighted by atomic mass is 10.1. The van der Waals surface area contributed by atoms with E-state index in [-0.39, 0.29) is 18.3 Å². The van der Waals surface area contributed by atoms with Crippen LogP contribution >= 0.6 is 0 Å². The first-order valence-electron chi connectivity index (χ1n) is 8.64. The molecule has 0 aliphatic rings. The number of hydrogen-bond donors (Lipinski definition) is 1. The summed E-state index contributed by atoms with van der Waals surface area (Å²) in [5, 5.41) is 2.81. The molecule has 0 aliphatic heterocycles. The molecular formula is C21H20N2O4. The second-order valence-electron chi connectivity index (χ2n) is 5.88. The number of methoxy groups -OCH3 is 1. The van der Waals surface area contributed by atoms with Crippen molar-refractivity contribution in [2.24, 2.45) is 0 Å². The zero-order chi connectivity index (χ0) is 19.1. The molecule has 1 heterocycles. The molecule has 1 amide bonds. The van der Waals surface area contributed by atoms with Crippen LogP contribution in [0.1, 0.15) is 23.2 Å². The highest BCUT2D eigenvalue weighted by Crippen LogP contribution is 2.28. The highest BCUT2D eigenvalue weighted by atomic mass is 16.5. The van der Waals surface area contributed by atoms with Crippen LogP contribution in [0.15, 0.2) is 65.2 Å². The lowest BCUT2D eigenvalue weighted by Crippen LogP contribution is -2.25. The van der Waals surface area contributed by atoms with Gasteiger partial charge in [-0.05, 0) is 18.6 Å². The van der Waals surface area contributed by atoms with Crippen LogP contribution in [0.5, 0.6) is 0 Å². The Hall–Kier alpha value is -3.41. The van der Waals surface area contributed by atoms with Gasteiger partial charge < -0.3 is 14.5 Å². The van der Waals surface area contributed by atoms with E-state index >= 15 is 0 Å². The number of carbonyl (C=O) groups is 2. The van der Waals surface area contributed by atoms with Crippen molar-refractivity contribution in [1.29, 1.82) is 0 Å². The van der Waals surface area contributed by atoms with E-state index in [0.717, 1.165) is 5.56 Å². The molecule has 6 nitrogen and oxygen atoms in total. The summed E-state index contributed by atoms with van der Waals surface area (Å²) >= 11 is 0. The fraction of sp³-hybridized carbons (Fsp3) is 0.190. The van der Waals surface area contributed by atoms with Gasteiger partial charge in [0, 0.05) is 24.1 Å². The Morgan fingerprint density at radius 1 is 1.07 bits per heavy atom. The summed E-state index contributed by atoms with van der Waals surface area (Å²) in [5.41, 5.74) is 2.00. The maximum atomic E-state index is 12.5. The van der Waals surface area contributed by atoms with Crippen LogP contribution in [0, 0.1) is 0 Å². The van der Waals surface area contributed by atoms with E-state index in [0.29, 0.717) is 35.7 Å². The van der Waals surface area contributed by atoms with E-state index in [9.17, 15) is 9.59 Å². The first kappa shape index (κ1) is 18.4. The number of esters is 1. The monoisotopic (exact) mass is 364 g/mol. The number of ether oxygens (including phenoxy) is 1. The standard InChI is InChI=1S/C21H20N2O4/c1-26-19(24)12-7-13-22-20(25)16-10-5-6-11-17(16)21-23-14-18(27-21)15-8-3-2-4-9-15/h2-6,8-11,14H,7,12-13H2,1H3,(H,22,25). The minimum absolute atomic E-state index is 0.241. The van der Waals surface area contributed by atoms with Crippen molar-refractivity contribution in [1.82, 2.24) is 10.3 Å². The minimum atomic E-state index is -0.294. The lowest BCUT2D eigenvalue weighted by molar-refractivity contribution is -0.140. The van der Waals surface area contributed by atoms with Gasteiger partial charge in [-0.25, -0.2) is 4.98 Å². The summed E-state index contributed by atoms with van der Waals surface area (Å²) in [5.74, 6) is 0.487. The molecule has 1 aromatic heterocycles. The molecule has 0 unspecified atom stereocenters. The average molecular weight is 364 g/mol. The molecule has 1 N–H and O–H groups in total. The highest BCUT2D eigenvalue weighted by Gasteiger charge is 2.16. The predicted molar refractivity (Wildman–Crippen MR) is 101 cm³/mol. The Morgan fingerprint density at radius 3 is 2.59 bits per heavy atom. The van der Waals surface area contributed by atoms with Gasteiger partial charge >= 0.3 is 5.97 Å². The third-order valence-electron chi connectivity index (χ3n) is 4.04. The molecule has 0 saturated carbocycles. The number of carbonyl (C=O) groups excluding carboxylic acids is 2. The Morgan fingerprint density at radius 2 is 1.81 bits per heavy atom. The summed E-state index contributed by atoms with van der Waals surface area (Å²) in [6, 6.07) is 16.8. The lowest BCUT2D eigenvalue weighted by Gasteiger charge is -2.08. The first-order chi connectivity index (χ1) is 13.2. The fourth-order valence-electron chi connectivity index (χ4n) is 2.63. The highest BCUT2D eigenvalue weighted by molar-refractivity contribution is 6.00. The van der Waals surface area contributed by atoms with Gasteiger partial charge in [-0.3, -0.25) is 9.59 Å². The van der Waals surface area contributed by atoms with Crippen LogP contribution < -0.4 is 5.32 Å². The van der Waals surface area contributed by atoms with E-state index in [1.54, 1.807) is 24.4 Å². The second-order valence-corrected chi connectivity index (χ2v) is 5.88. The molecule has 6 heteroatoms. The van der Waals surface area contributed by atoms with E-state index in [1.807, 2.05) is 36.4 Å². The summed E-state index contributed by atoms with van der Waals surface area (Å²) in [6.45, 7) is 0.378. The molecule has 3 aromatic rings. The fourth-order valence-corrected chi connectivity index (χ4v) is 2.63. The topological polar surface area (TPSA) is 81.4 Å². The van der Waals surface area contributed by atoms with Crippen LogP contribution in [0.25, 0.3) is 22.8 Å². The summed E-state index contributed by atoms with van der Waals surface area (Å²) in [7, 11) is 1.34. The van der Waals surface area contributed by atoms with Crippen molar-refractivity contribution in [3.05, 3.63) is 66.4 Å². The summed E-state index contributed by atoms with van der Waals surface area (Å²) < 4.78 is 10.5. The third kappa shape index (κ3) is 4.61. The Labute approximate surface area is 157 Å². The predicted octanol–water partition coefficient (Wildman–Crippen LogP) is 3.69. The van der Waals surface area contributed by atoms with Crippen LogP contribution in [-0.4, -0.2) is 30.5 Å². The second kappa shape index (κ2) is 8.80. The minimum Gasteiger partial charge on any atom is -0.469 e. The number of amides is 1. The van der Waals surface area contributed by atoms with Gasteiger partial charge in [-0.1, -0.05) is 42.5 Å². The molecule has 0 spiro atoms. The summed E-state index contributed by atoms with van der Waals surface area (Å²) in [4.78, 5) is 28.0. The molecule has 0 bridgehead atoms. The zero-order valence-corrected chi connectivity index (χ0v) is 15.0. The van der Waals surface area contributed by atoms with Gasteiger partial charge in [0.05, 0.1) is 18.9 Å². The van der Waals surface area contributed by atoms with Crippen molar-refractivity contribution in [3.63, 3.8) is 0 Å². The number of rotatable bonds is 7. The zero-order valence-electron chi connectivity index (χ0n) is 15.0. The summed E-state index contributed by atoms with van der Waals surface area (Å²) in [6.07, 6.45) is 2.42. The number of oxazole rings is 1. The van der Waals surface area contributed by atoms with Gasteiger partial charge in [0.2, 0.25) is 5.89 Å². The Kier molecular flexibility index (Phi) is 5.99. The maximum absolute atomic E-state index is 12.5. The van der Waals surface area contributed by atoms with Crippen LogP contribution in [0.2, 0.25) is 0 Å². The van der Waals surface area contributed by atoms with Gasteiger partial charge in [0.15, 0.2) is 5.76 Å². The molecule has 27 heavy (non-hydrogen) atoms. The van der Waals surface area contributed by atoms with Crippen LogP contribution in [0.3, 0.4) is 0 Å². The number of hydrogen-bond acceptors (Lipinski definition) is 5. The third-order valence-corrected chi connectivity index (χ3v) is 4.04. The SMILES string of the molecule is COC(=O)CCCNC(=O)c1ccccc1-c1ncc(-c2ccccc2)o1. The molecule has 0 fully saturated rings. The van der Waals surface area contributed by atoms with Crippen molar-refractivity contribution in [2.75, 3.05) is 13.7 Å². The van der Waals surface area contributed by atoms with Crippen molar-refractivity contribution in [3.8, 4) is 22.8 Å². The molecule has 138 valence electrons. The number of benzene rings is 2. The smallest absolute Gasteiger partial charge is 0.305 e. The quantitative estimate of drug-likeness (QED) is 0.511. The van der Waals surface area contributed by atoms with Gasteiger partial charge in [0.25, 0.3) is 5.91 Å². The van der Waals surface area contributed by atoms with Crippen LogP contribution in [-0.2, 0) is 9.53 Å². The number of nitrogens with zero attached hydrogens (tertiary/aromatic N) is 1. The van der Waals surface area contributed by atoms with E-state index in [2.05, 4.69) is 15.0 Å². The number of nitrogens with one attached hydrogen (secondary N) is 1. The molecule has 0 aliphatic carbocycles. The van der Waals surface area contributed by atoms with Gasteiger partial charge in [-0.15, -0.1) is 0 Å². The van der Waals surface area contributed by atoms with E-state index in [1.165, 1.54) is 7.11 Å². The largest absolute Gasteiger partial charge is 0.469 e. The van der Waals surface area contributed by atoms with Crippen LogP contribution in [0.4, 0.5) is 0 Å². The molecule has 3 rings (SSSR count). The van der Waals surface area contributed by atoms with Gasteiger partial charge in [0.1, 0.15) is 0 Å². The average Bonchev–Trinajstić information content (AvgIpc) is 3.21. The molecule has 0 radical (unpaired) electrons. The normalized spacial score (nSPS) is 10.4. The molecule has 2 aromatic carbocycles. The molecular weight excluding hydrogens is 344 g/mol. The van der Waals surface area contributed by atoms with Crippen molar-refractivity contribution < 1.29 is 18.7 Å². The molecule has 0 saturated heterocycles.